The van der Waals surface area contributed by atoms with Crippen molar-refractivity contribution < 1.29 is 4.74 Å². The van der Waals surface area contributed by atoms with Crippen molar-refractivity contribution >= 4 is 24.0 Å². The van der Waals surface area contributed by atoms with Crippen LogP contribution < -0.4 is 10.5 Å². The summed E-state index contributed by atoms with van der Waals surface area (Å²) in [6.45, 7) is 3.62. The van der Waals surface area contributed by atoms with Gasteiger partial charge in [-0.3, -0.25) is 0 Å². The molecule has 0 aromatic heterocycles. The highest BCUT2D eigenvalue weighted by molar-refractivity contribution is 6.30. The number of halogens is 2. The van der Waals surface area contributed by atoms with Gasteiger partial charge in [0.25, 0.3) is 0 Å². The lowest BCUT2D eigenvalue weighted by Crippen LogP contribution is -2.03. The molecule has 2 nitrogen and oxygen atoms in total. The maximum atomic E-state index is 6.03. The molecule has 1 saturated carbocycles. The first-order valence-corrected chi connectivity index (χ1v) is 6.26. The van der Waals surface area contributed by atoms with Crippen LogP contribution in [-0.2, 0) is 0 Å². The van der Waals surface area contributed by atoms with Crippen LogP contribution in [0.2, 0.25) is 5.02 Å². The molecule has 1 fully saturated rings. The largest absolute Gasteiger partial charge is 0.493 e. The van der Waals surface area contributed by atoms with Crippen molar-refractivity contribution in [2.45, 2.75) is 25.7 Å². The number of benzene rings is 1. The zero-order chi connectivity index (χ0) is 11.5. The summed E-state index contributed by atoms with van der Waals surface area (Å²) in [5, 5.41) is 0.779. The monoisotopic (exact) mass is 275 g/mol. The van der Waals surface area contributed by atoms with Gasteiger partial charge in [0.2, 0.25) is 0 Å². The molecule has 17 heavy (non-hydrogen) atoms. The van der Waals surface area contributed by atoms with E-state index in [2.05, 4.69) is 6.92 Å². The summed E-state index contributed by atoms with van der Waals surface area (Å²) in [5.41, 5.74) is 6.91. The Bertz CT molecular complexity index is 370. The highest BCUT2D eigenvalue weighted by Crippen LogP contribution is 2.50. The van der Waals surface area contributed by atoms with E-state index in [0.29, 0.717) is 11.8 Å². The lowest BCUT2D eigenvalue weighted by atomic mass is 10.1. The average Bonchev–Trinajstić information content (AvgIpc) is 3.06. The molecule has 96 valence electrons. The molecular weight excluding hydrogens is 257 g/mol. The van der Waals surface area contributed by atoms with Crippen molar-refractivity contribution in [3.8, 4) is 5.75 Å². The topological polar surface area (TPSA) is 35.2 Å². The molecule has 2 rings (SSSR count). The van der Waals surface area contributed by atoms with Gasteiger partial charge in [0.1, 0.15) is 5.75 Å². The number of rotatable bonds is 5. The predicted octanol–water partition coefficient (Wildman–Crippen LogP) is 3.61. The van der Waals surface area contributed by atoms with Gasteiger partial charge >= 0.3 is 0 Å². The Morgan fingerprint density at radius 1 is 1.47 bits per heavy atom. The van der Waals surface area contributed by atoms with Crippen LogP contribution in [0.25, 0.3) is 0 Å². The second-order valence-corrected chi connectivity index (χ2v) is 4.81. The fourth-order valence-electron chi connectivity index (χ4n) is 2.04. The fourth-order valence-corrected chi connectivity index (χ4v) is 2.22. The molecule has 1 aromatic carbocycles. The van der Waals surface area contributed by atoms with Crippen LogP contribution in [0.4, 0.5) is 0 Å². The van der Waals surface area contributed by atoms with Crippen molar-refractivity contribution in [1.82, 2.24) is 0 Å². The summed E-state index contributed by atoms with van der Waals surface area (Å²) < 4.78 is 5.74. The van der Waals surface area contributed by atoms with Crippen LogP contribution in [0.5, 0.6) is 5.75 Å². The molecule has 1 aliphatic rings. The molecule has 1 aromatic rings. The van der Waals surface area contributed by atoms with Crippen LogP contribution >= 0.6 is 24.0 Å². The Hall–Kier alpha value is -0.440. The molecule has 0 saturated heterocycles. The van der Waals surface area contributed by atoms with Gasteiger partial charge in [-0.2, -0.15) is 0 Å². The molecule has 0 spiro atoms. The van der Waals surface area contributed by atoms with Gasteiger partial charge in [-0.05, 0) is 55.0 Å². The maximum absolute atomic E-state index is 6.03. The van der Waals surface area contributed by atoms with E-state index in [9.17, 15) is 0 Å². The lowest BCUT2D eigenvalue weighted by molar-refractivity contribution is 0.314. The van der Waals surface area contributed by atoms with Crippen molar-refractivity contribution in [1.29, 1.82) is 0 Å². The lowest BCUT2D eigenvalue weighted by Gasteiger charge is -2.11. The van der Waals surface area contributed by atoms with Gasteiger partial charge in [-0.15, -0.1) is 12.4 Å². The molecule has 4 heteroatoms. The molecule has 0 heterocycles. The summed E-state index contributed by atoms with van der Waals surface area (Å²) in [6, 6.07) is 5.88. The van der Waals surface area contributed by atoms with E-state index < -0.39 is 0 Å². The van der Waals surface area contributed by atoms with Gasteiger partial charge in [0, 0.05) is 5.02 Å². The number of nitrogens with two attached hydrogens (primary N) is 1. The molecule has 0 radical (unpaired) electrons. The summed E-state index contributed by atoms with van der Waals surface area (Å²) in [6.07, 6.45) is 2.19. The average molecular weight is 276 g/mol. The first kappa shape index (κ1) is 14.6. The maximum Gasteiger partial charge on any atom is 0.122 e. The normalized spacial score (nSPS) is 21.8. The Morgan fingerprint density at radius 3 is 2.82 bits per heavy atom. The van der Waals surface area contributed by atoms with Crippen LogP contribution in [0.1, 0.15) is 31.2 Å². The fraction of sp³-hybridized carbons (Fsp3) is 0.538. The first-order chi connectivity index (χ1) is 7.76. The summed E-state index contributed by atoms with van der Waals surface area (Å²) in [5.74, 6) is 2.14. The number of hydrogen-bond donors (Lipinski definition) is 1. The van der Waals surface area contributed by atoms with Gasteiger partial charge in [-0.25, -0.2) is 0 Å². The summed E-state index contributed by atoms with van der Waals surface area (Å²) >= 11 is 6.03. The molecule has 0 amide bonds. The third kappa shape index (κ3) is 3.51. The second-order valence-electron chi connectivity index (χ2n) is 4.37. The highest BCUT2D eigenvalue weighted by Gasteiger charge is 2.38. The SMILES string of the molecule is CCCOc1ccc(Cl)cc1[C@H]1C[C@@H]1CN.Cl. The molecule has 0 aliphatic heterocycles. The molecule has 0 bridgehead atoms. The predicted molar refractivity (Wildman–Crippen MR) is 74.4 cm³/mol. The van der Waals surface area contributed by atoms with E-state index >= 15 is 0 Å². The third-order valence-electron chi connectivity index (χ3n) is 3.06. The zero-order valence-corrected chi connectivity index (χ0v) is 11.6. The van der Waals surface area contributed by atoms with Gasteiger partial charge < -0.3 is 10.5 Å². The second kappa shape index (κ2) is 6.48. The minimum atomic E-state index is 0. The quantitative estimate of drug-likeness (QED) is 0.891. The Morgan fingerprint density at radius 2 is 2.24 bits per heavy atom. The van der Waals surface area contributed by atoms with E-state index in [1.165, 1.54) is 12.0 Å². The Balaban J connectivity index is 0.00000144. The Kier molecular flexibility index (Phi) is 5.57. The smallest absolute Gasteiger partial charge is 0.122 e. The summed E-state index contributed by atoms with van der Waals surface area (Å²) in [4.78, 5) is 0. The molecule has 1 aliphatic carbocycles. The molecular formula is C13H19Cl2NO. The first-order valence-electron chi connectivity index (χ1n) is 5.88. The van der Waals surface area contributed by atoms with E-state index in [0.717, 1.165) is 30.3 Å². The number of hydrogen-bond acceptors (Lipinski definition) is 2. The van der Waals surface area contributed by atoms with Crippen LogP contribution in [0, 0.1) is 5.92 Å². The number of ether oxygens (including phenoxy) is 1. The minimum absolute atomic E-state index is 0. The van der Waals surface area contributed by atoms with Crippen LogP contribution in [-0.4, -0.2) is 13.2 Å². The van der Waals surface area contributed by atoms with Gasteiger partial charge in [0.15, 0.2) is 0 Å². The van der Waals surface area contributed by atoms with E-state index in [1.807, 2.05) is 18.2 Å². The van der Waals surface area contributed by atoms with Crippen molar-refractivity contribution in [3.05, 3.63) is 28.8 Å². The molecule has 0 unspecified atom stereocenters. The third-order valence-corrected chi connectivity index (χ3v) is 3.29. The van der Waals surface area contributed by atoms with Gasteiger partial charge in [0.05, 0.1) is 6.61 Å². The van der Waals surface area contributed by atoms with Crippen molar-refractivity contribution in [3.63, 3.8) is 0 Å². The van der Waals surface area contributed by atoms with Gasteiger partial charge in [-0.1, -0.05) is 18.5 Å². The van der Waals surface area contributed by atoms with E-state index in [4.69, 9.17) is 22.1 Å². The van der Waals surface area contributed by atoms with Crippen LogP contribution in [0.3, 0.4) is 0 Å². The zero-order valence-electron chi connectivity index (χ0n) is 9.99. The Labute approximate surface area is 114 Å². The van der Waals surface area contributed by atoms with E-state index in [-0.39, 0.29) is 12.4 Å². The minimum Gasteiger partial charge on any atom is -0.493 e. The van der Waals surface area contributed by atoms with Crippen molar-refractivity contribution in [2.75, 3.05) is 13.2 Å². The summed E-state index contributed by atoms with van der Waals surface area (Å²) in [7, 11) is 0. The molecule has 2 atom stereocenters. The van der Waals surface area contributed by atoms with Crippen LogP contribution in [0.15, 0.2) is 18.2 Å². The highest BCUT2D eigenvalue weighted by atomic mass is 35.5. The molecule has 2 N–H and O–H groups in total. The standard InChI is InChI=1S/C13H18ClNO.ClH/c1-2-5-16-13-4-3-10(14)7-12(13)11-6-9(11)8-15;/h3-4,7,9,11H,2,5-6,8,15H2,1H3;1H/t9-,11+;/m1./s1. The van der Waals surface area contributed by atoms with E-state index in [1.54, 1.807) is 0 Å². The van der Waals surface area contributed by atoms with Crippen molar-refractivity contribution in [2.24, 2.45) is 11.7 Å².